The Hall–Kier alpha value is -0.610. The third-order valence-corrected chi connectivity index (χ3v) is 4.89. The normalized spacial score (nSPS) is 35.6. The van der Waals surface area contributed by atoms with Gasteiger partial charge in [0.1, 0.15) is 0 Å². The molecule has 3 fully saturated rings. The molecule has 0 spiro atoms. The largest absolute Gasteiger partial charge is 0.321 e. The van der Waals surface area contributed by atoms with E-state index in [4.69, 9.17) is 0 Å². The molecule has 1 saturated carbocycles. The Morgan fingerprint density at radius 2 is 1.94 bits per heavy atom. The molecular weight excluding hydrogens is 226 g/mol. The summed E-state index contributed by atoms with van der Waals surface area (Å²) in [5, 5.41) is 3.47. The second kappa shape index (κ2) is 5.17. The number of carbonyl (C=O) groups is 1. The first-order valence-electron chi connectivity index (χ1n) is 7.49. The van der Waals surface area contributed by atoms with Crippen molar-refractivity contribution in [3.05, 3.63) is 0 Å². The molecule has 4 heteroatoms. The molecule has 0 bridgehead atoms. The summed E-state index contributed by atoms with van der Waals surface area (Å²) in [6.45, 7) is 2.79. The van der Waals surface area contributed by atoms with Crippen molar-refractivity contribution in [2.24, 2.45) is 5.92 Å². The van der Waals surface area contributed by atoms with Gasteiger partial charge in [0, 0.05) is 12.6 Å². The van der Waals surface area contributed by atoms with E-state index in [1.807, 2.05) is 0 Å². The number of nitrogens with zero attached hydrogens (tertiary/aromatic N) is 2. The first-order valence-corrected chi connectivity index (χ1v) is 7.49. The average molecular weight is 251 g/mol. The minimum atomic E-state index is 0.326. The molecule has 3 aliphatic rings. The second-order valence-electron chi connectivity index (χ2n) is 6.23. The van der Waals surface area contributed by atoms with Gasteiger partial charge in [0.15, 0.2) is 0 Å². The summed E-state index contributed by atoms with van der Waals surface area (Å²) in [6, 6.07) is 0.442. The molecule has 0 radical (unpaired) electrons. The molecule has 0 aromatic rings. The number of likely N-dealkylation sites (tertiary alicyclic amines) is 1. The second-order valence-corrected chi connectivity index (χ2v) is 6.23. The fourth-order valence-electron chi connectivity index (χ4n) is 4.00. The SMILES string of the molecule is CN1CCCC(N2C(=O)CNC2C2CCCC2)C1. The van der Waals surface area contributed by atoms with E-state index in [1.54, 1.807) is 0 Å². The zero-order valence-electron chi connectivity index (χ0n) is 11.4. The highest BCUT2D eigenvalue weighted by Gasteiger charge is 2.41. The van der Waals surface area contributed by atoms with Crippen molar-refractivity contribution in [3.8, 4) is 0 Å². The maximum Gasteiger partial charge on any atom is 0.238 e. The van der Waals surface area contributed by atoms with Gasteiger partial charge in [-0.05, 0) is 45.2 Å². The van der Waals surface area contributed by atoms with Gasteiger partial charge in [0.25, 0.3) is 0 Å². The topological polar surface area (TPSA) is 35.6 Å². The minimum absolute atomic E-state index is 0.326. The number of piperidine rings is 1. The monoisotopic (exact) mass is 251 g/mol. The summed E-state index contributed by atoms with van der Waals surface area (Å²) >= 11 is 0. The lowest BCUT2D eigenvalue weighted by Crippen LogP contribution is -2.53. The lowest BCUT2D eigenvalue weighted by molar-refractivity contribution is -0.132. The van der Waals surface area contributed by atoms with Gasteiger partial charge in [0.2, 0.25) is 5.91 Å². The quantitative estimate of drug-likeness (QED) is 0.796. The van der Waals surface area contributed by atoms with Gasteiger partial charge in [0.05, 0.1) is 12.7 Å². The summed E-state index contributed by atoms with van der Waals surface area (Å²) in [5.74, 6) is 1.02. The van der Waals surface area contributed by atoms with E-state index in [-0.39, 0.29) is 0 Å². The fraction of sp³-hybridized carbons (Fsp3) is 0.929. The number of carbonyl (C=O) groups excluding carboxylic acids is 1. The Kier molecular flexibility index (Phi) is 3.57. The Labute approximate surface area is 110 Å². The molecule has 2 saturated heterocycles. The van der Waals surface area contributed by atoms with Gasteiger partial charge in [-0.2, -0.15) is 0 Å². The Bertz CT molecular complexity index is 314. The van der Waals surface area contributed by atoms with Crippen LogP contribution in [0, 0.1) is 5.92 Å². The van der Waals surface area contributed by atoms with Crippen molar-refractivity contribution < 1.29 is 4.79 Å². The third kappa shape index (κ3) is 2.28. The first kappa shape index (κ1) is 12.4. The van der Waals surface area contributed by atoms with Crippen LogP contribution in [0.1, 0.15) is 38.5 Å². The van der Waals surface area contributed by atoms with E-state index in [2.05, 4.69) is 22.2 Å². The number of hydrogen-bond acceptors (Lipinski definition) is 3. The van der Waals surface area contributed by atoms with Gasteiger partial charge in [-0.3, -0.25) is 10.1 Å². The molecule has 2 heterocycles. The number of hydrogen-bond donors (Lipinski definition) is 1. The van der Waals surface area contributed by atoms with Crippen LogP contribution in [0.2, 0.25) is 0 Å². The third-order valence-electron chi connectivity index (χ3n) is 4.89. The van der Waals surface area contributed by atoms with Gasteiger partial charge < -0.3 is 9.80 Å². The molecule has 18 heavy (non-hydrogen) atoms. The molecule has 4 nitrogen and oxygen atoms in total. The summed E-state index contributed by atoms with van der Waals surface area (Å²) in [6.07, 6.45) is 8.01. The van der Waals surface area contributed by atoms with E-state index in [0.717, 1.165) is 6.54 Å². The van der Waals surface area contributed by atoms with Crippen LogP contribution < -0.4 is 5.32 Å². The summed E-state index contributed by atoms with van der Waals surface area (Å²) in [5.41, 5.74) is 0. The molecular formula is C14H25N3O. The standard InChI is InChI=1S/C14H25N3O/c1-16-8-4-7-12(10-16)17-13(18)9-15-14(17)11-5-2-3-6-11/h11-12,14-15H,2-10H2,1H3. The zero-order valence-corrected chi connectivity index (χ0v) is 11.4. The van der Waals surface area contributed by atoms with Gasteiger partial charge in [-0.25, -0.2) is 0 Å². The van der Waals surface area contributed by atoms with Crippen molar-refractivity contribution in [2.45, 2.75) is 50.7 Å². The highest BCUT2D eigenvalue weighted by Crippen LogP contribution is 2.33. The maximum atomic E-state index is 12.2. The van der Waals surface area contributed by atoms with Crippen LogP contribution in [0.5, 0.6) is 0 Å². The van der Waals surface area contributed by atoms with Crippen molar-refractivity contribution >= 4 is 5.91 Å². The molecule has 3 rings (SSSR count). The molecule has 2 atom stereocenters. The van der Waals surface area contributed by atoms with Crippen LogP contribution in [0.15, 0.2) is 0 Å². The maximum absolute atomic E-state index is 12.2. The van der Waals surface area contributed by atoms with Crippen LogP contribution in [0.25, 0.3) is 0 Å². The van der Waals surface area contributed by atoms with Crippen molar-refractivity contribution in [3.63, 3.8) is 0 Å². The molecule has 2 aliphatic heterocycles. The van der Waals surface area contributed by atoms with E-state index >= 15 is 0 Å². The van der Waals surface area contributed by atoms with Crippen molar-refractivity contribution in [2.75, 3.05) is 26.7 Å². The molecule has 102 valence electrons. The molecule has 0 aromatic carbocycles. The highest BCUT2D eigenvalue weighted by atomic mass is 16.2. The van der Waals surface area contributed by atoms with E-state index in [1.165, 1.54) is 45.1 Å². The van der Waals surface area contributed by atoms with E-state index in [9.17, 15) is 4.79 Å². The van der Waals surface area contributed by atoms with Gasteiger partial charge >= 0.3 is 0 Å². The number of nitrogens with one attached hydrogen (secondary N) is 1. The molecule has 1 N–H and O–H groups in total. The number of rotatable bonds is 2. The van der Waals surface area contributed by atoms with Crippen molar-refractivity contribution in [1.29, 1.82) is 0 Å². The number of amides is 1. The fourth-order valence-corrected chi connectivity index (χ4v) is 4.00. The summed E-state index contributed by atoms with van der Waals surface area (Å²) < 4.78 is 0. The predicted molar refractivity (Wildman–Crippen MR) is 71.1 cm³/mol. The highest BCUT2D eigenvalue weighted by molar-refractivity contribution is 5.81. The molecule has 2 unspecified atom stereocenters. The molecule has 1 aliphatic carbocycles. The van der Waals surface area contributed by atoms with Crippen LogP contribution in [0.4, 0.5) is 0 Å². The van der Waals surface area contributed by atoms with E-state index < -0.39 is 0 Å². The van der Waals surface area contributed by atoms with Crippen LogP contribution in [0.3, 0.4) is 0 Å². The molecule has 0 aromatic heterocycles. The smallest absolute Gasteiger partial charge is 0.238 e. The number of likely N-dealkylation sites (N-methyl/N-ethyl adjacent to an activating group) is 1. The van der Waals surface area contributed by atoms with Gasteiger partial charge in [-0.1, -0.05) is 12.8 Å². The zero-order chi connectivity index (χ0) is 12.5. The predicted octanol–water partition coefficient (Wildman–Crippen LogP) is 1.03. The van der Waals surface area contributed by atoms with Gasteiger partial charge in [-0.15, -0.1) is 0 Å². The molecule has 1 amide bonds. The Morgan fingerprint density at radius 3 is 2.67 bits per heavy atom. The Balaban J connectivity index is 1.72. The lowest BCUT2D eigenvalue weighted by atomic mass is 9.99. The van der Waals surface area contributed by atoms with Crippen LogP contribution in [-0.4, -0.2) is 54.6 Å². The first-order chi connectivity index (χ1) is 8.75. The summed E-state index contributed by atoms with van der Waals surface area (Å²) in [4.78, 5) is 16.8. The Morgan fingerprint density at radius 1 is 1.17 bits per heavy atom. The average Bonchev–Trinajstić information content (AvgIpc) is 2.97. The van der Waals surface area contributed by atoms with E-state index in [0.29, 0.717) is 30.6 Å². The lowest BCUT2D eigenvalue weighted by Gasteiger charge is -2.40. The van der Waals surface area contributed by atoms with Crippen LogP contribution in [-0.2, 0) is 4.79 Å². The minimum Gasteiger partial charge on any atom is -0.321 e. The van der Waals surface area contributed by atoms with Crippen molar-refractivity contribution in [1.82, 2.24) is 15.1 Å². The van der Waals surface area contributed by atoms with Crippen LogP contribution >= 0.6 is 0 Å². The summed E-state index contributed by atoms with van der Waals surface area (Å²) in [7, 11) is 2.17.